The van der Waals surface area contributed by atoms with E-state index in [1.54, 1.807) is 0 Å². The van der Waals surface area contributed by atoms with Gasteiger partial charge in [-0.3, -0.25) is 8.37 Å². The van der Waals surface area contributed by atoms with Crippen LogP contribution in [0.15, 0.2) is 0 Å². The predicted molar refractivity (Wildman–Crippen MR) is 22.2 cm³/mol. The Morgan fingerprint density at radius 2 is 1.25 bits per heavy atom. The molecule has 10 heteroatoms. The molecule has 0 aromatic carbocycles. The quantitative estimate of drug-likeness (QED) is 0.419. The summed E-state index contributed by atoms with van der Waals surface area (Å²) in [6, 6.07) is 0. The SMILES string of the molecule is COS(=O)OC.[Li+].[O-][Cl+3]([O-])([O-])[O-]. The fourth-order valence-corrected chi connectivity index (χ4v) is 0.204. The monoisotopic (exact) mass is 216 g/mol. The standard InChI is InChI=1S/C2H6O3S.ClHO4.Li/c1-4-6(3)5-2;2-1(3,4)5;/h1-2H3;(H,2,3,4,5);/q;;+1/p-1. The Bertz CT molecular complexity index is 102. The first-order chi connectivity index (χ1) is 4.81. The van der Waals surface area contributed by atoms with Crippen LogP contribution in [0.4, 0.5) is 0 Å². The van der Waals surface area contributed by atoms with E-state index < -0.39 is 21.6 Å². The van der Waals surface area contributed by atoms with Crippen LogP contribution in [-0.4, -0.2) is 18.4 Å². The fraction of sp³-hybridized carbons (Fsp3) is 1.00. The van der Waals surface area contributed by atoms with Crippen molar-refractivity contribution in [1.29, 1.82) is 0 Å². The first-order valence-corrected chi connectivity index (χ1v) is 4.17. The van der Waals surface area contributed by atoms with Crippen LogP contribution in [0, 0.1) is 10.2 Å². The Kier molecular flexibility index (Phi) is 15.3. The van der Waals surface area contributed by atoms with Gasteiger partial charge in [0, 0.05) is 0 Å². The second kappa shape index (κ2) is 9.88. The zero-order chi connectivity index (χ0) is 9.49. The number of hydrogen-bond acceptors (Lipinski definition) is 7. The van der Waals surface area contributed by atoms with Crippen LogP contribution in [0.1, 0.15) is 0 Å². The van der Waals surface area contributed by atoms with Gasteiger partial charge in [0.15, 0.2) is 0 Å². The molecule has 0 spiro atoms. The second-order valence-corrected chi connectivity index (χ2v) is 2.75. The van der Waals surface area contributed by atoms with E-state index in [0.717, 1.165) is 0 Å². The predicted octanol–water partition coefficient (Wildman–Crippen LogP) is -7.89. The summed E-state index contributed by atoms with van der Waals surface area (Å²) in [4.78, 5) is 0. The van der Waals surface area contributed by atoms with Crippen LogP contribution in [0.25, 0.3) is 0 Å². The topological polar surface area (TPSA) is 128 Å². The number of rotatable bonds is 2. The largest absolute Gasteiger partial charge is 1.00 e. The Hall–Kier alpha value is 0.797. The van der Waals surface area contributed by atoms with E-state index in [0.29, 0.717) is 0 Å². The van der Waals surface area contributed by atoms with Crippen LogP contribution in [-0.2, 0) is 19.7 Å². The molecule has 0 radical (unpaired) electrons. The summed E-state index contributed by atoms with van der Waals surface area (Å²) in [6.45, 7) is 0. The van der Waals surface area contributed by atoms with Crippen molar-refractivity contribution in [3.05, 3.63) is 0 Å². The molecule has 0 aliphatic rings. The fourth-order valence-electron chi connectivity index (χ4n) is 0.0680. The van der Waals surface area contributed by atoms with Crippen LogP contribution >= 0.6 is 0 Å². The van der Waals surface area contributed by atoms with Gasteiger partial charge in [-0.15, -0.1) is 10.2 Å². The molecule has 0 aromatic rings. The first kappa shape index (κ1) is 18.6. The van der Waals surface area contributed by atoms with Crippen molar-refractivity contribution in [3.8, 4) is 0 Å². The molecule has 0 N–H and O–H groups in total. The molecule has 0 atom stereocenters. The third-order valence-electron chi connectivity index (χ3n) is 0.272. The molecule has 0 amide bonds. The van der Waals surface area contributed by atoms with Crippen molar-refractivity contribution in [3.63, 3.8) is 0 Å². The van der Waals surface area contributed by atoms with Gasteiger partial charge in [-0.25, -0.2) is 18.6 Å². The molecule has 0 saturated carbocycles. The van der Waals surface area contributed by atoms with E-state index in [-0.39, 0.29) is 18.9 Å². The Morgan fingerprint density at radius 1 is 1.08 bits per heavy atom. The van der Waals surface area contributed by atoms with E-state index in [9.17, 15) is 4.21 Å². The number of halogens is 1. The molecule has 0 bridgehead atoms. The molecular formula is C2H6ClLiO7S. The minimum atomic E-state index is -4.94. The molecule has 0 aromatic heterocycles. The van der Waals surface area contributed by atoms with Gasteiger partial charge in [-0.1, -0.05) is 0 Å². The summed E-state index contributed by atoms with van der Waals surface area (Å²) in [5.74, 6) is 0. The molecule has 70 valence electrons. The molecule has 0 aliphatic carbocycles. The van der Waals surface area contributed by atoms with Gasteiger partial charge < -0.3 is 0 Å². The normalized spacial score (nSPS) is 9.92. The molecule has 0 aliphatic heterocycles. The third kappa shape index (κ3) is 45.0. The minimum Gasteiger partial charge on any atom is -0.272 e. The molecule has 0 saturated heterocycles. The van der Waals surface area contributed by atoms with Crippen molar-refractivity contribution < 1.29 is 60.3 Å². The zero-order valence-corrected chi connectivity index (χ0v) is 8.22. The van der Waals surface area contributed by atoms with Crippen LogP contribution in [0.5, 0.6) is 0 Å². The second-order valence-electron chi connectivity index (χ2n) is 0.915. The van der Waals surface area contributed by atoms with Gasteiger partial charge in [0.2, 0.25) is 0 Å². The molecular weight excluding hydrogens is 210 g/mol. The average molecular weight is 217 g/mol. The Labute approximate surface area is 86.1 Å². The van der Waals surface area contributed by atoms with E-state index >= 15 is 0 Å². The van der Waals surface area contributed by atoms with Crippen molar-refractivity contribution >= 4 is 11.4 Å². The maximum atomic E-state index is 9.85. The van der Waals surface area contributed by atoms with E-state index in [1.165, 1.54) is 14.2 Å². The van der Waals surface area contributed by atoms with Crippen LogP contribution in [0.3, 0.4) is 0 Å². The van der Waals surface area contributed by atoms with Gasteiger partial charge in [-0.2, -0.15) is 4.21 Å². The third-order valence-corrected chi connectivity index (χ3v) is 0.816. The molecule has 0 rings (SSSR count). The summed E-state index contributed by atoms with van der Waals surface area (Å²) in [5.41, 5.74) is 0. The van der Waals surface area contributed by atoms with Crippen molar-refractivity contribution in [2.75, 3.05) is 14.2 Å². The molecule has 0 fully saturated rings. The molecule has 0 unspecified atom stereocenters. The Morgan fingerprint density at radius 3 is 1.25 bits per heavy atom. The van der Waals surface area contributed by atoms with Gasteiger partial charge in [-0.05, 0) is 0 Å². The van der Waals surface area contributed by atoms with Gasteiger partial charge >= 0.3 is 30.2 Å². The molecule has 7 nitrogen and oxygen atoms in total. The summed E-state index contributed by atoms with van der Waals surface area (Å²) in [6.07, 6.45) is 0. The minimum absolute atomic E-state index is 0. The van der Waals surface area contributed by atoms with Crippen molar-refractivity contribution in [2.24, 2.45) is 0 Å². The van der Waals surface area contributed by atoms with Gasteiger partial charge in [0.05, 0.1) is 14.2 Å². The molecule has 12 heavy (non-hydrogen) atoms. The summed E-state index contributed by atoms with van der Waals surface area (Å²) in [5, 5.41) is 0. The summed E-state index contributed by atoms with van der Waals surface area (Å²) >= 11 is -1.53. The first-order valence-electron chi connectivity index (χ1n) is 1.93. The Balaban J connectivity index is -0.000000126. The van der Waals surface area contributed by atoms with Crippen LogP contribution in [0.2, 0.25) is 0 Å². The van der Waals surface area contributed by atoms with E-state index in [1.807, 2.05) is 0 Å². The van der Waals surface area contributed by atoms with E-state index in [4.69, 9.17) is 18.6 Å². The number of hydrogen-bond donors (Lipinski definition) is 0. The maximum Gasteiger partial charge on any atom is 1.00 e. The zero-order valence-electron chi connectivity index (χ0n) is 6.64. The summed E-state index contributed by atoms with van der Waals surface area (Å²) < 4.78 is 52.1. The smallest absolute Gasteiger partial charge is 0.272 e. The van der Waals surface area contributed by atoms with Crippen LogP contribution < -0.4 is 37.5 Å². The molecule has 0 heterocycles. The van der Waals surface area contributed by atoms with Crippen molar-refractivity contribution in [1.82, 2.24) is 0 Å². The van der Waals surface area contributed by atoms with Gasteiger partial charge in [0.25, 0.3) is 0 Å². The average Bonchev–Trinajstić information content (AvgIpc) is 1.83. The van der Waals surface area contributed by atoms with Gasteiger partial charge in [0.1, 0.15) is 0 Å². The summed E-state index contributed by atoms with van der Waals surface area (Å²) in [7, 11) is -2.33. The van der Waals surface area contributed by atoms with E-state index in [2.05, 4.69) is 8.37 Å². The van der Waals surface area contributed by atoms with Crippen molar-refractivity contribution in [2.45, 2.75) is 0 Å². The maximum absolute atomic E-state index is 9.85.